The van der Waals surface area contributed by atoms with E-state index < -0.39 is 23.4 Å². The molecule has 8 heteroatoms. The molecule has 0 N–H and O–H groups in total. The van der Waals surface area contributed by atoms with Crippen molar-refractivity contribution < 1.29 is 36.2 Å². The van der Waals surface area contributed by atoms with Crippen LogP contribution in [-0.4, -0.2) is 31.1 Å². The molecule has 21 heavy (non-hydrogen) atoms. The van der Waals surface area contributed by atoms with Gasteiger partial charge in [-0.3, -0.25) is 4.79 Å². The molecule has 0 unspecified atom stereocenters. The van der Waals surface area contributed by atoms with Crippen molar-refractivity contribution >= 4 is 5.78 Å². The maximum atomic E-state index is 13.2. The molecule has 118 valence electrons. The summed E-state index contributed by atoms with van der Waals surface area (Å²) in [6.07, 6.45) is -5.98. The molecule has 0 aliphatic heterocycles. The Labute approximate surface area is 117 Å². The molecule has 0 aliphatic rings. The number of rotatable bonds is 6. The van der Waals surface area contributed by atoms with Gasteiger partial charge in [-0.1, -0.05) is 0 Å². The Morgan fingerprint density at radius 2 is 1.62 bits per heavy atom. The van der Waals surface area contributed by atoms with Gasteiger partial charge >= 0.3 is 12.1 Å². The molecule has 0 radical (unpaired) electrons. The predicted octanol–water partition coefficient (Wildman–Crippen LogP) is 3.86. The second-order valence-corrected chi connectivity index (χ2v) is 3.93. The van der Waals surface area contributed by atoms with E-state index in [1.165, 1.54) is 13.0 Å². The van der Waals surface area contributed by atoms with Crippen LogP contribution in [0, 0.1) is 0 Å². The Morgan fingerprint density at radius 3 is 2.10 bits per heavy atom. The lowest BCUT2D eigenvalue weighted by atomic mass is 10.0. The fourth-order valence-electron chi connectivity index (χ4n) is 1.52. The molecule has 0 atom stereocenters. The van der Waals surface area contributed by atoms with E-state index in [2.05, 4.69) is 0 Å². The van der Waals surface area contributed by atoms with Gasteiger partial charge in [-0.25, -0.2) is 0 Å². The number of ether oxygens (including phenoxy) is 2. The van der Waals surface area contributed by atoms with Crippen LogP contribution in [0.15, 0.2) is 18.2 Å². The lowest BCUT2D eigenvalue weighted by Crippen LogP contribution is -2.44. The molecule has 0 amide bonds. The smallest absolute Gasteiger partial charge is 0.461 e. The fourth-order valence-corrected chi connectivity index (χ4v) is 1.52. The summed E-state index contributed by atoms with van der Waals surface area (Å²) in [5.74, 6) is -8.22. The molecule has 0 aliphatic carbocycles. The third-order valence-corrected chi connectivity index (χ3v) is 2.45. The molecule has 0 fully saturated rings. The van der Waals surface area contributed by atoms with Gasteiger partial charge in [0.2, 0.25) is 5.78 Å². The zero-order chi connectivity index (χ0) is 16.3. The van der Waals surface area contributed by atoms with Crippen LogP contribution >= 0.6 is 0 Å². The van der Waals surface area contributed by atoms with Crippen molar-refractivity contribution in [3.8, 4) is 11.5 Å². The molecular weight excluding hydrogens is 299 g/mol. The quantitative estimate of drug-likeness (QED) is 0.591. The highest BCUT2D eigenvalue weighted by molar-refractivity contribution is 6.04. The van der Waals surface area contributed by atoms with Crippen molar-refractivity contribution in [2.24, 2.45) is 0 Å². The summed E-state index contributed by atoms with van der Waals surface area (Å²) < 4.78 is 73.1. The fraction of sp³-hybridized carbons (Fsp3) is 0.462. The molecule has 0 spiro atoms. The van der Waals surface area contributed by atoms with E-state index in [4.69, 9.17) is 9.47 Å². The first-order valence-corrected chi connectivity index (χ1v) is 6.04. The zero-order valence-corrected chi connectivity index (χ0v) is 11.3. The molecule has 0 saturated carbocycles. The molecule has 1 aromatic rings. The van der Waals surface area contributed by atoms with E-state index in [-0.39, 0.29) is 24.7 Å². The summed E-state index contributed by atoms with van der Waals surface area (Å²) in [6, 6.07) is 3.25. The van der Waals surface area contributed by atoms with Gasteiger partial charge in [0.1, 0.15) is 11.5 Å². The van der Waals surface area contributed by atoms with E-state index in [9.17, 15) is 26.7 Å². The number of hydrogen-bond donors (Lipinski definition) is 0. The predicted molar refractivity (Wildman–Crippen MR) is 64.1 cm³/mol. The van der Waals surface area contributed by atoms with Gasteiger partial charge in [0.05, 0.1) is 18.8 Å². The standard InChI is InChI=1S/C13H13F5O3/c1-3-20-8-5-6-10(21-4-2)9(7-8)11(19)12(14,15)13(16,17)18/h5-7H,3-4H2,1-2H3. The third kappa shape index (κ3) is 3.62. The average Bonchev–Trinajstić information content (AvgIpc) is 2.39. The van der Waals surface area contributed by atoms with Crippen LogP contribution in [0.3, 0.4) is 0 Å². The summed E-state index contributed by atoms with van der Waals surface area (Å²) in [5.41, 5.74) is -0.870. The topological polar surface area (TPSA) is 35.5 Å². The minimum atomic E-state index is -5.98. The highest BCUT2D eigenvalue weighted by Crippen LogP contribution is 2.40. The lowest BCUT2D eigenvalue weighted by Gasteiger charge is -2.20. The lowest BCUT2D eigenvalue weighted by molar-refractivity contribution is -0.255. The molecule has 0 aromatic heterocycles. The second kappa shape index (κ2) is 6.28. The first-order chi connectivity index (χ1) is 9.65. The van der Waals surface area contributed by atoms with Crippen molar-refractivity contribution in [3.05, 3.63) is 23.8 Å². The molecule has 3 nitrogen and oxygen atoms in total. The van der Waals surface area contributed by atoms with Crippen molar-refractivity contribution in [2.45, 2.75) is 25.9 Å². The van der Waals surface area contributed by atoms with E-state index in [1.807, 2.05) is 0 Å². The van der Waals surface area contributed by atoms with E-state index in [0.29, 0.717) is 0 Å². The van der Waals surface area contributed by atoms with E-state index in [1.54, 1.807) is 6.92 Å². The van der Waals surface area contributed by atoms with Gasteiger partial charge in [-0.05, 0) is 32.0 Å². The highest BCUT2D eigenvalue weighted by Gasteiger charge is 2.63. The number of ketones is 1. The summed E-state index contributed by atoms with van der Waals surface area (Å²) in [5, 5.41) is 0. The second-order valence-electron chi connectivity index (χ2n) is 3.93. The minimum Gasteiger partial charge on any atom is -0.494 e. The maximum absolute atomic E-state index is 13.2. The summed E-state index contributed by atoms with van der Waals surface area (Å²) in [4.78, 5) is 11.6. The van der Waals surface area contributed by atoms with Gasteiger partial charge in [0.25, 0.3) is 0 Å². The third-order valence-electron chi connectivity index (χ3n) is 2.45. The van der Waals surface area contributed by atoms with Crippen molar-refractivity contribution in [2.75, 3.05) is 13.2 Å². The summed E-state index contributed by atoms with van der Waals surface area (Å²) in [6.45, 7) is 3.28. The molecule has 1 aromatic carbocycles. The van der Waals surface area contributed by atoms with Crippen molar-refractivity contribution in [1.82, 2.24) is 0 Å². The number of carbonyl (C=O) groups excluding carboxylic acids is 1. The number of carbonyl (C=O) groups is 1. The average molecular weight is 312 g/mol. The van der Waals surface area contributed by atoms with Crippen LogP contribution in [0.25, 0.3) is 0 Å². The van der Waals surface area contributed by atoms with Gasteiger partial charge in [0, 0.05) is 0 Å². The molecule has 0 heterocycles. The van der Waals surface area contributed by atoms with E-state index in [0.717, 1.165) is 12.1 Å². The normalized spacial score (nSPS) is 12.1. The first kappa shape index (κ1) is 17.2. The maximum Gasteiger partial charge on any atom is 0.461 e. The van der Waals surface area contributed by atoms with Crippen molar-refractivity contribution in [3.63, 3.8) is 0 Å². The zero-order valence-electron chi connectivity index (χ0n) is 11.3. The summed E-state index contributed by atoms with van der Waals surface area (Å²) >= 11 is 0. The van der Waals surface area contributed by atoms with Crippen LogP contribution in [-0.2, 0) is 0 Å². The summed E-state index contributed by atoms with van der Waals surface area (Å²) in [7, 11) is 0. The largest absolute Gasteiger partial charge is 0.494 e. The Morgan fingerprint density at radius 1 is 1.05 bits per heavy atom. The number of Topliss-reactive ketones (excluding diaryl/α,β-unsaturated/α-hetero) is 1. The van der Waals surface area contributed by atoms with Gasteiger partial charge in [0.15, 0.2) is 0 Å². The number of hydrogen-bond acceptors (Lipinski definition) is 3. The first-order valence-electron chi connectivity index (χ1n) is 6.04. The Kier molecular flexibility index (Phi) is 5.14. The molecule has 0 saturated heterocycles. The van der Waals surface area contributed by atoms with Gasteiger partial charge in [-0.2, -0.15) is 22.0 Å². The van der Waals surface area contributed by atoms with Crippen LogP contribution in [0.5, 0.6) is 11.5 Å². The Bertz CT molecular complexity index is 511. The number of benzene rings is 1. The minimum absolute atomic E-state index is 0.00211. The van der Waals surface area contributed by atoms with Crippen LogP contribution in [0.2, 0.25) is 0 Å². The number of halogens is 5. The SMILES string of the molecule is CCOc1ccc(OCC)c(C(=O)C(F)(F)C(F)(F)F)c1. The van der Waals surface area contributed by atoms with Gasteiger partial charge < -0.3 is 9.47 Å². The monoisotopic (exact) mass is 312 g/mol. The van der Waals surface area contributed by atoms with Gasteiger partial charge in [-0.15, -0.1) is 0 Å². The Hall–Kier alpha value is -1.86. The van der Waals surface area contributed by atoms with Crippen molar-refractivity contribution in [1.29, 1.82) is 0 Å². The molecule has 1 rings (SSSR count). The Balaban J connectivity index is 3.31. The molecule has 0 bridgehead atoms. The van der Waals surface area contributed by atoms with E-state index >= 15 is 0 Å². The number of alkyl halides is 5. The highest BCUT2D eigenvalue weighted by atomic mass is 19.4. The van der Waals surface area contributed by atoms with Crippen LogP contribution in [0.1, 0.15) is 24.2 Å². The molecular formula is C13H13F5O3. The van der Waals surface area contributed by atoms with Crippen LogP contribution in [0.4, 0.5) is 22.0 Å². The van der Waals surface area contributed by atoms with Crippen LogP contribution < -0.4 is 9.47 Å².